The highest BCUT2D eigenvalue weighted by molar-refractivity contribution is 7.07. The van der Waals surface area contributed by atoms with E-state index in [4.69, 9.17) is 11.6 Å². The molecule has 1 aromatic carbocycles. The highest BCUT2D eigenvalue weighted by Crippen LogP contribution is 2.21. The van der Waals surface area contributed by atoms with Crippen LogP contribution in [0, 0.1) is 0 Å². The van der Waals surface area contributed by atoms with E-state index in [9.17, 15) is 0 Å². The molecule has 19 heavy (non-hydrogen) atoms. The van der Waals surface area contributed by atoms with Gasteiger partial charge < -0.3 is 5.32 Å². The Morgan fingerprint density at radius 2 is 2.16 bits per heavy atom. The Labute approximate surface area is 124 Å². The van der Waals surface area contributed by atoms with Crippen molar-refractivity contribution in [3.63, 3.8) is 0 Å². The van der Waals surface area contributed by atoms with Gasteiger partial charge in [-0.05, 0) is 59.9 Å². The Morgan fingerprint density at radius 3 is 2.79 bits per heavy atom. The zero-order chi connectivity index (χ0) is 13.7. The monoisotopic (exact) mass is 293 g/mol. The summed E-state index contributed by atoms with van der Waals surface area (Å²) in [4.78, 5) is 0. The summed E-state index contributed by atoms with van der Waals surface area (Å²) < 4.78 is 0. The molecule has 0 bridgehead atoms. The third kappa shape index (κ3) is 4.34. The lowest BCUT2D eigenvalue weighted by Gasteiger charge is -2.22. The zero-order valence-electron chi connectivity index (χ0n) is 11.4. The molecule has 102 valence electrons. The number of benzene rings is 1. The maximum atomic E-state index is 6.07. The molecule has 2 aromatic rings. The van der Waals surface area contributed by atoms with E-state index in [-0.39, 0.29) is 0 Å². The quantitative estimate of drug-likeness (QED) is 0.784. The van der Waals surface area contributed by atoms with Crippen molar-refractivity contribution in [3.8, 4) is 0 Å². The van der Waals surface area contributed by atoms with Crippen LogP contribution in [0.15, 0.2) is 41.1 Å². The number of halogens is 1. The minimum absolute atomic E-state index is 0.368. The highest BCUT2D eigenvalue weighted by atomic mass is 35.5. The fraction of sp³-hybridized carbons (Fsp3) is 0.375. The maximum Gasteiger partial charge on any atom is 0.0409 e. The van der Waals surface area contributed by atoms with Gasteiger partial charge in [0.2, 0.25) is 0 Å². The van der Waals surface area contributed by atoms with Crippen LogP contribution in [0.1, 0.15) is 37.4 Å². The summed E-state index contributed by atoms with van der Waals surface area (Å²) >= 11 is 7.83. The number of hydrogen-bond acceptors (Lipinski definition) is 2. The molecule has 0 amide bonds. The third-order valence-electron chi connectivity index (χ3n) is 3.27. The molecule has 0 spiro atoms. The Hall–Kier alpha value is -0.830. The van der Waals surface area contributed by atoms with E-state index in [1.54, 1.807) is 11.3 Å². The van der Waals surface area contributed by atoms with Gasteiger partial charge in [-0.1, -0.05) is 30.7 Å². The van der Waals surface area contributed by atoms with Gasteiger partial charge in [-0.25, -0.2) is 0 Å². The predicted octanol–water partition coefficient (Wildman–Crippen LogP) is 5.07. The molecule has 1 heterocycles. The molecule has 3 heteroatoms. The lowest BCUT2D eigenvalue weighted by atomic mass is 10.0. The van der Waals surface area contributed by atoms with Gasteiger partial charge in [-0.15, -0.1) is 0 Å². The van der Waals surface area contributed by atoms with E-state index in [1.165, 1.54) is 11.1 Å². The summed E-state index contributed by atoms with van der Waals surface area (Å²) in [6, 6.07) is 11.2. The first-order chi connectivity index (χ1) is 9.19. The molecule has 2 unspecified atom stereocenters. The van der Waals surface area contributed by atoms with Crippen LogP contribution in [0.4, 0.5) is 0 Å². The van der Waals surface area contributed by atoms with Gasteiger partial charge >= 0.3 is 0 Å². The summed E-state index contributed by atoms with van der Waals surface area (Å²) in [5.74, 6) is 0. The van der Waals surface area contributed by atoms with Crippen LogP contribution in [-0.4, -0.2) is 6.04 Å². The van der Waals surface area contributed by atoms with Crippen LogP contribution in [0.2, 0.25) is 5.02 Å². The van der Waals surface area contributed by atoms with E-state index in [0.29, 0.717) is 12.1 Å². The van der Waals surface area contributed by atoms with Crippen molar-refractivity contribution in [2.45, 2.75) is 38.8 Å². The molecule has 0 fully saturated rings. The van der Waals surface area contributed by atoms with E-state index < -0.39 is 0 Å². The minimum Gasteiger partial charge on any atom is -0.307 e. The molecule has 0 aliphatic carbocycles. The van der Waals surface area contributed by atoms with E-state index >= 15 is 0 Å². The summed E-state index contributed by atoms with van der Waals surface area (Å²) in [6.07, 6.45) is 2.13. The van der Waals surface area contributed by atoms with Crippen molar-refractivity contribution in [2.75, 3.05) is 0 Å². The maximum absolute atomic E-state index is 6.07. The van der Waals surface area contributed by atoms with Gasteiger partial charge in [0.25, 0.3) is 0 Å². The molecule has 1 nitrogen and oxygen atoms in total. The summed E-state index contributed by atoms with van der Waals surface area (Å²) in [6.45, 7) is 4.45. The lowest BCUT2D eigenvalue weighted by molar-refractivity contribution is 0.444. The molecule has 0 saturated carbocycles. The second-order valence-corrected chi connectivity index (χ2v) is 6.14. The first-order valence-corrected chi connectivity index (χ1v) is 8.03. The lowest BCUT2D eigenvalue weighted by Crippen LogP contribution is -2.31. The predicted molar refractivity (Wildman–Crippen MR) is 85.1 cm³/mol. The van der Waals surface area contributed by atoms with Gasteiger partial charge in [-0.3, -0.25) is 0 Å². The molecule has 1 N–H and O–H groups in total. The average Bonchev–Trinajstić information content (AvgIpc) is 2.88. The van der Waals surface area contributed by atoms with E-state index in [1.807, 2.05) is 12.1 Å². The zero-order valence-corrected chi connectivity index (χ0v) is 13.0. The summed E-state index contributed by atoms with van der Waals surface area (Å²) in [5.41, 5.74) is 2.68. The SMILES string of the molecule is CCC(NC(C)Cc1ccsc1)c1cccc(Cl)c1. The molecule has 1 aromatic heterocycles. The van der Waals surface area contributed by atoms with Crippen LogP contribution in [0.5, 0.6) is 0 Å². The fourth-order valence-corrected chi connectivity index (χ4v) is 3.22. The van der Waals surface area contributed by atoms with Gasteiger partial charge in [0, 0.05) is 17.1 Å². The normalized spacial score (nSPS) is 14.3. The first-order valence-electron chi connectivity index (χ1n) is 6.71. The number of thiophene rings is 1. The average molecular weight is 294 g/mol. The molecule has 0 saturated heterocycles. The van der Waals surface area contributed by atoms with Crippen molar-refractivity contribution in [2.24, 2.45) is 0 Å². The Bertz CT molecular complexity index is 495. The first kappa shape index (κ1) is 14.6. The molecule has 2 atom stereocenters. The molecule has 0 radical (unpaired) electrons. The van der Waals surface area contributed by atoms with E-state index in [0.717, 1.165) is 17.9 Å². The second kappa shape index (κ2) is 7.09. The Morgan fingerprint density at radius 1 is 1.32 bits per heavy atom. The standard InChI is InChI=1S/C16H20ClNS/c1-3-16(14-5-4-6-15(17)10-14)18-12(2)9-13-7-8-19-11-13/h4-8,10-12,16,18H,3,9H2,1-2H3. The molecule has 0 aliphatic rings. The van der Waals surface area contributed by atoms with Gasteiger partial charge in [0.05, 0.1) is 0 Å². The smallest absolute Gasteiger partial charge is 0.0409 e. The summed E-state index contributed by atoms with van der Waals surface area (Å²) in [5, 5.41) is 8.86. The van der Waals surface area contributed by atoms with Crippen molar-refractivity contribution in [3.05, 3.63) is 57.2 Å². The number of rotatable bonds is 6. The van der Waals surface area contributed by atoms with E-state index in [2.05, 4.69) is 48.1 Å². The fourth-order valence-electron chi connectivity index (χ4n) is 2.34. The van der Waals surface area contributed by atoms with Gasteiger partial charge in [0.1, 0.15) is 0 Å². The van der Waals surface area contributed by atoms with Crippen molar-refractivity contribution in [1.29, 1.82) is 0 Å². The summed E-state index contributed by atoms with van der Waals surface area (Å²) in [7, 11) is 0. The van der Waals surface area contributed by atoms with Crippen molar-refractivity contribution < 1.29 is 0 Å². The van der Waals surface area contributed by atoms with Crippen LogP contribution in [0.25, 0.3) is 0 Å². The second-order valence-electron chi connectivity index (χ2n) is 4.92. The van der Waals surface area contributed by atoms with Crippen LogP contribution >= 0.6 is 22.9 Å². The topological polar surface area (TPSA) is 12.0 Å². The Kier molecular flexibility index (Phi) is 5.44. The van der Waals surface area contributed by atoms with Crippen LogP contribution in [0.3, 0.4) is 0 Å². The molecular weight excluding hydrogens is 274 g/mol. The molecule has 2 rings (SSSR count). The largest absolute Gasteiger partial charge is 0.307 e. The van der Waals surface area contributed by atoms with Crippen molar-refractivity contribution >= 4 is 22.9 Å². The van der Waals surface area contributed by atoms with Crippen LogP contribution in [-0.2, 0) is 6.42 Å². The molecular formula is C16H20ClNS. The van der Waals surface area contributed by atoms with Gasteiger partial charge in [-0.2, -0.15) is 11.3 Å². The number of nitrogens with one attached hydrogen (secondary N) is 1. The molecule has 0 aliphatic heterocycles. The van der Waals surface area contributed by atoms with Crippen molar-refractivity contribution in [1.82, 2.24) is 5.32 Å². The highest BCUT2D eigenvalue weighted by Gasteiger charge is 2.13. The van der Waals surface area contributed by atoms with Crippen LogP contribution < -0.4 is 5.32 Å². The van der Waals surface area contributed by atoms with Gasteiger partial charge in [0.15, 0.2) is 0 Å². The Balaban J connectivity index is 1.98. The minimum atomic E-state index is 0.368. The third-order valence-corrected chi connectivity index (χ3v) is 4.23. The number of hydrogen-bond donors (Lipinski definition) is 1.